The van der Waals surface area contributed by atoms with Gasteiger partial charge in [0.2, 0.25) is 0 Å². The first-order valence-corrected chi connectivity index (χ1v) is 21.1. The number of imidazole rings is 1. The predicted molar refractivity (Wildman–Crippen MR) is 193 cm³/mol. The Balaban J connectivity index is 1.30. The molecule has 0 atom stereocenters. The molecule has 49 heavy (non-hydrogen) atoms. The summed E-state index contributed by atoms with van der Waals surface area (Å²) in [5, 5.41) is 9.29. The van der Waals surface area contributed by atoms with Gasteiger partial charge < -0.3 is 28.8 Å². The molecule has 0 unspecified atom stereocenters. The molecule has 1 aliphatic rings. The van der Waals surface area contributed by atoms with Crippen LogP contribution < -0.4 is 4.74 Å². The van der Waals surface area contributed by atoms with E-state index in [4.69, 9.17) is 50.4 Å². The molecule has 1 saturated carbocycles. The molecule has 0 spiro atoms. The van der Waals surface area contributed by atoms with Crippen molar-refractivity contribution in [1.29, 1.82) is 0 Å². The van der Waals surface area contributed by atoms with Gasteiger partial charge in [-0.05, 0) is 54.5 Å². The van der Waals surface area contributed by atoms with Crippen molar-refractivity contribution in [3.63, 3.8) is 0 Å². The summed E-state index contributed by atoms with van der Waals surface area (Å²) in [6.45, 7) is 9.69. The second-order valence-corrected chi connectivity index (χ2v) is 19.6. The Morgan fingerprint density at radius 2 is 1.53 bits per heavy atom. The Morgan fingerprint density at radius 1 is 0.878 bits per heavy atom. The molecule has 1 fully saturated rings. The van der Waals surface area contributed by atoms with Gasteiger partial charge in [0.25, 0.3) is 0 Å². The van der Waals surface area contributed by atoms with Gasteiger partial charge in [-0.15, -0.1) is 0 Å². The third kappa shape index (κ3) is 10.3. The summed E-state index contributed by atoms with van der Waals surface area (Å²) in [7, 11) is 0.178. The number of hydrogen-bond donors (Lipinski definition) is 1. The monoisotopic (exact) mass is 709 g/mol. The SMILES string of the molecule is COC(=O)C1CCC(Oc2nc3nc(-c4ccc(-c5ccc(COCCOCCO)cc5)cc4)c(Cl)cc3n2COCC[Si](C)(C)C)CC1. The first-order chi connectivity index (χ1) is 23.6. The summed E-state index contributed by atoms with van der Waals surface area (Å²) in [6, 6.07) is 19.8. The maximum absolute atomic E-state index is 12.0. The van der Waals surface area contributed by atoms with Crippen LogP contribution >= 0.6 is 11.6 Å². The summed E-state index contributed by atoms with van der Waals surface area (Å²) in [4.78, 5) is 21.8. The van der Waals surface area contributed by atoms with E-state index in [2.05, 4.69) is 56.0 Å². The van der Waals surface area contributed by atoms with Crippen LogP contribution in [0, 0.1) is 5.92 Å². The van der Waals surface area contributed by atoms with Crippen molar-refractivity contribution in [2.45, 2.75) is 70.8 Å². The highest BCUT2D eigenvalue weighted by Gasteiger charge is 2.29. The number of hydrogen-bond acceptors (Lipinski definition) is 9. The largest absolute Gasteiger partial charge is 0.469 e. The third-order valence-electron chi connectivity index (χ3n) is 8.68. The fourth-order valence-corrected chi connectivity index (χ4v) is 6.79. The van der Waals surface area contributed by atoms with E-state index < -0.39 is 8.07 Å². The number of rotatable bonds is 17. The molecule has 2 aromatic heterocycles. The van der Waals surface area contributed by atoms with Crippen molar-refractivity contribution < 1.29 is 33.6 Å². The minimum absolute atomic E-state index is 0.0150. The van der Waals surface area contributed by atoms with Gasteiger partial charge >= 0.3 is 12.0 Å². The number of aliphatic hydroxyl groups excluding tert-OH is 1. The lowest BCUT2D eigenvalue weighted by Crippen LogP contribution is -2.29. The van der Waals surface area contributed by atoms with Gasteiger partial charge in [0, 0.05) is 20.2 Å². The summed E-state index contributed by atoms with van der Waals surface area (Å²) in [5.41, 5.74) is 6.05. The average molecular weight is 710 g/mol. The first-order valence-electron chi connectivity index (χ1n) is 17.0. The van der Waals surface area contributed by atoms with Gasteiger partial charge in [-0.1, -0.05) is 79.8 Å². The highest BCUT2D eigenvalue weighted by atomic mass is 35.5. The molecule has 12 heteroatoms. The fourth-order valence-electron chi connectivity index (χ4n) is 5.78. The zero-order valence-corrected chi connectivity index (χ0v) is 30.7. The van der Waals surface area contributed by atoms with Crippen LogP contribution in [0.5, 0.6) is 6.01 Å². The van der Waals surface area contributed by atoms with E-state index in [-0.39, 0.29) is 31.3 Å². The zero-order chi connectivity index (χ0) is 34.8. The number of pyridine rings is 1. The molecule has 0 amide bonds. The molecule has 0 saturated heterocycles. The van der Waals surface area contributed by atoms with Crippen LogP contribution in [0.3, 0.4) is 0 Å². The summed E-state index contributed by atoms with van der Waals surface area (Å²) >= 11 is 6.89. The molecule has 1 N–H and O–H groups in total. The number of fused-ring (bicyclic) bond motifs is 1. The molecular formula is C37H48ClN3O7Si. The predicted octanol–water partition coefficient (Wildman–Crippen LogP) is 7.37. The lowest BCUT2D eigenvalue weighted by Gasteiger charge is -2.27. The number of esters is 1. The number of carbonyl (C=O) groups excluding carboxylic acids is 1. The number of ether oxygens (including phenoxy) is 5. The molecule has 0 aliphatic heterocycles. The summed E-state index contributed by atoms with van der Waals surface area (Å²) in [5.74, 6) is -0.241. The van der Waals surface area contributed by atoms with Crippen LogP contribution in [-0.2, 0) is 37.1 Å². The van der Waals surface area contributed by atoms with E-state index in [1.807, 2.05) is 22.8 Å². The van der Waals surface area contributed by atoms with Crippen molar-refractivity contribution in [2.24, 2.45) is 5.92 Å². The molecule has 1 aliphatic carbocycles. The Morgan fingerprint density at radius 3 is 2.18 bits per heavy atom. The Kier molecular flexibility index (Phi) is 13.2. The van der Waals surface area contributed by atoms with Crippen LogP contribution in [0.1, 0.15) is 31.2 Å². The first kappa shape index (κ1) is 36.9. The molecule has 4 aromatic rings. The van der Waals surface area contributed by atoms with E-state index in [0.29, 0.717) is 55.4 Å². The normalized spacial score (nSPS) is 16.6. The number of aliphatic hydroxyl groups is 1. The van der Waals surface area contributed by atoms with Crippen LogP contribution in [0.15, 0.2) is 54.6 Å². The highest BCUT2D eigenvalue weighted by molar-refractivity contribution is 6.76. The topological polar surface area (TPSA) is 114 Å². The van der Waals surface area contributed by atoms with Gasteiger partial charge in [0.1, 0.15) is 12.8 Å². The second kappa shape index (κ2) is 17.6. The molecule has 0 radical (unpaired) electrons. The van der Waals surface area contributed by atoms with Gasteiger partial charge in [0.05, 0.1) is 62.3 Å². The molecular weight excluding hydrogens is 662 g/mol. The zero-order valence-electron chi connectivity index (χ0n) is 29.0. The Bertz CT molecular complexity index is 1650. The molecule has 264 valence electrons. The number of methoxy groups -OCH3 is 1. The molecule has 5 rings (SSSR count). The average Bonchev–Trinajstić information content (AvgIpc) is 3.42. The standard InChI is InChI=1S/C37H48ClN3O7Si/c1-44-36(43)30-13-15-31(16-14-30)48-37-40-35-33(41(37)25-47-21-22-49(2,3)4)23-32(38)34(39-35)29-11-9-28(10-12-29)27-7-5-26(6-8-27)24-46-20-19-45-18-17-42/h5-12,23,30-31,42H,13-22,24-25H2,1-4H3. The van der Waals surface area contributed by atoms with Gasteiger partial charge in [0.15, 0.2) is 5.65 Å². The van der Waals surface area contributed by atoms with E-state index in [1.165, 1.54) is 7.11 Å². The maximum Gasteiger partial charge on any atom is 0.308 e. The van der Waals surface area contributed by atoms with Gasteiger partial charge in [-0.25, -0.2) is 4.98 Å². The van der Waals surface area contributed by atoms with E-state index in [1.54, 1.807) is 0 Å². The van der Waals surface area contributed by atoms with Crippen molar-refractivity contribution in [2.75, 3.05) is 40.1 Å². The van der Waals surface area contributed by atoms with Crippen molar-refractivity contribution in [1.82, 2.24) is 14.5 Å². The van der Waals surface area contributed by atoms with Crippen molar-refractivity contribution in [3.05, 3.63) is 65.2 Å². The van der Waals surface area contributed by atoms with Crippen LogP contribution in [0.25, 0.3) is 33.5 Å². The Labute approximate surface area is 294 Å². The van der Waals surface area contributed by atoms with Gasteiger partial charge in [-0.2, -0.15) is 4.98 Å². The number of aromatic nitrogens is 3. The lowest BCUT2D eigenvalue weighted by molar-refractivity contribution is -0.147. The molecule has 2 aromatic carbocycles. The fraction of sp³-hybridized carbons (Fsp3) is 0.486. The quantitative estimate of drug-likeness (QED) is 0.0682. The molecule has 10 nitrogen and oxygen atoms in total. The van der Waals surface area contributed by atoms with E-state index in [0.717, 1.165) is 59.5 Å². The second-order valence-electron chi connectivity index (χ2n) is 13.6. The minimum atomic E-state index is -1.26. The lowest BCUT2D eigenvalue weighted by atomic mass is 9.87. The third-order valence-corrected chi connectivity index (χ3v) is 10.7. The minimum Gasteiger partial charge on any atom is -0.469 e. The maximum atomic E-state index is 12.0. The van der Waals surface area contributed by atoms with Crippen molar-refractivity contribution in [3.8, 4) is 28.4 Å². The molecule has 0 bridgehead atoms. The van der Waals surface area contributed by atoms with E-state index in [9.17, 15) is 4.79 Å². The van der Waals surface area contributed by atoms with E-state index >= 15 is 0 Å². The summed E-state index contributed by atoms with van der Waals surface area (Å²) < 4.78 is 30.3. The smallest absolute Gasteiger partial charge is 0.308 e. The van der Waals surface area contributed by atoms with Crippen LogP contribution in [0.2, 0.25) is 30.7 Å². The highest BCUT2D eigenvalue weighted by Crippen LogP contribution is 2.34. The number of nitrogens with zero attached hydrogens (tertiary/aromatic N) is 3. The number of carbonyl (C=O) groups is 1. The Hall–Kier alpha value is -3.32. The summed E-state index contributed by atoms with van der Waals surface area (Å²) in [6.07, 6.45) is 2.84. The number of halogens is 1. The van der Waals surface area contributed by atoms with Gasteiger partial charge in [-0.3, -0.25) is 9.36 Å². The van der Waals surface area contributed by atoms with Crippen LogP contribution in [-0.4, -0.2) is 79.9 Å². The number of benzene rings is 2. The van der Waals surface area contributed by atoms with Crippen LogP contribution in [0.4, 0.5) is 0 Å². The van der Waals surface area contributed by atoms with Crippen molar-refractivity contribution >= 4 is 36.8 Å². The molecule has 2 heterocycles.